The van der Waals surface area contributed by atoms with E-state index in [0.717, 1.165) is 0 Å². The van der Waals surface area contributed by atoms with E-state index in [4.69, 9.17) is 0 Å². The van der Waals surface area contributed by atoms with Crippen LogP contribution in [0, 0.1) is 17.0 Å². The number of carbonyl (C=O) groups is 1. The van der Waals surface area contributed by atoms with Crippen LogP contribution in [0.5, 0.6) is 0 Å². The van der Waals surface area contributed by atoms with Crippen molar-refractivity contribution in [2.45, 2.75) is 19.9 Å². The van der Waals surface area contributed by atoms with Gasteiger partial charge in [0.25, 0.3) is 11.6 Å². The highest BCUT2D eigenvalue weighted by Crippen LogP contribution is 2.20. The summed E-state index contributed by atoms with van der Waals surface area (Å²) in [4.78, 5) is 34.8. The maximum atomic E-state index is 12.2. The van der Waals surface area contributed by atoms with E-state index in [1.807, 2.05) is 0 Å². The number of pyridine rings is 1. The van der Waals surface area contributed by atoms with E-state index < -0.39 is 4.92 Å². The van der Waals surface area contributed by atoms with Crippen LogP contribution in [-0.4, -0.2) is 31.6 Å². The largest absolute Gasteiger partial charge is 0.352 e. The molecule has 0 saturated heterocycles. The van der Waals surface area contributed by atoms with Crippen molar-refractivity contribution >= 4 is 17.2 Å². The predicted molar refractivity (Wildman–Crippen MR) is 94.2 cm³/mol. The molecule has 134 valence electrons. The predicted octanol–water partition coefficient (Wildman–Crippen LogP) is 1.53. The van der Waals surface area contributed by atoms with Gasteiger partial charge in [0.05, 0.1) is 4.92 Å². The molecule has 0 aliphatic carbocycles. The van der Waals surface area contributed by atoms with Crippen LogP contribution in [0.2, 0.25) is 0 Å². The van der Waals surface area contributed by atoms with Crippen molar-refractivity contribution < 1.29 is 9.72 Å². The second kappa shape index (κ2) is 7.18. The van der Waals surface area contributed by atoms with Crippen molar-refractivity contribution in [2.24, 2.45) is 0 Å². The van der Waals surface area contributed by atoms with E-state index in [2.05, 4.69) is 10.4 Å². The van der Waals surface area contributed by atoms with Crippen LogP contribution >= 0.6 is 0 Å². The lowest BCUT2D eigenvalue weighted by Crippen LogP contribution is -2.28. The van der Waals surface area contributed by atoms with Crippen LogP contribution in [-0.2, 0) is 6.54 Å². The second-order valence-electron chi connectivity index (χ2n) is 5.75. The normalized spacial score (nSPS) is 10.8. The van der Waals surface area contributed by atoms with E-state index in [1.54, 1.807) is 37.4 Å². The van der Waals surface area contributed by atoms with Gasteiger partial charge in [-0.25, -0.2) is 9.48 Å². The first-order chi connectivity index (χ1) is 12.5. The minimum absolute atomic E-state index is 0.0890. The summed E-state index contributed by atoms with van der Waals surface area (Å²) in [6, 6.07) is 9.68. The first-order valence-corrected chi connectivity index (χ1v) is 8.05. The van der Waals surface area contributed by atoms with Gasteiger partial charge in [-0.05, 0) is 31.5 Å². The van der Waals surface area contributed by atoms with E-state index >= 15 is 0 Å². The Bertz CT molecular complexity index is 1040. The molecule has 1 N–H and O–H groups in total. The van der Waals surface area contributed by atoms with Gasteiger partial charge in [-0.1, -0.05) is 12.1 Å². The molecular weight excluding hydrogens is 338 g/mol. The maximum absolute atomic E-state index is 12.2. The fourth-order valence-electron chi connectivity index (χ4n) is 2.71. The molecular formula is C17H17N5O4. The summed E-state index contributed by atoms with van der Waals surface area (Å²) >= 11 is 0. The minimum atomic E-state index is -0.512. The van der Waals surface area contributed by atoms with Crippen molar-refractivity contribution in [3.63, 3.8) is 0 Å². The number of nitro benzene ring substituents is 1. The highest BCUT2D eigenvalue weighted by atomic mass is 16.6. The Morgan fingerprint density at radius 3 is 2.81 bits per heavy atom. The van der Waals surface area contributed by atoms with Crippen molar-refractivity contribution in [1.82, 2.24) is 19.5 Å². The van der Waals surface area contributed by atoms with Crippen LogP contribution in [0.3, 0.4) is 0 Å². The average Bonchev–Trinajstić information content (AvgIpc) is 2.95. The summed E-state index contributed by atoms with van der Waals surface area (Å²) < 4.78 is 2.80. The molecule has 0 radical (unpaired) electrons. The molecule has 9 nitrogen and oxygen atoms in total. The van der Waals surface area contributed by atoms with Crippen molar-refractivity contribution in [3.8, 4) is 0 Å². The Balaban J connectivity index is 1.61. The summed E-state index contributed by atoms with van der Waals surface area (Å²) in [7, 11) is 0. The number of amides is 1. The smallest absolute Gasteiger partial charge is 0.350 e. The molecule has 1 aromatic carbocycles. The molecule has 3 aromatic rings. The molecule has 0 atom stereocenters. The number of carbonyl (C=O) groups excluding carboxylic acids is 1. The Morgan fingerprint density at radius 2 is 2.08 bits per heavy atom. The Morgan fingerprint density at radius 1 is 1.27 bits per heavy atom. The fourth-order valence-corrected chi connectivity index (χ4v) is 2.71. The number of benzene rings is 1. The summed E-state index contributed by atoms with van der Waals surface area (Å²) in [5.74, 6) is -0.381. The number of rotatable bonds is 6. The van der Waals surface area contributed by atoms with Gasteiger partial charge < -0.3 is 5.32 Å². The second-order valence-corrected chi connectivity index (χ2v) is 5.75. The number of nitro groups is 1. The summed E-state index contributed by atoms with van der Waals surface area (Å²) in [6.07, 6.45) is 2.15. The SMILES string of the molecule is Cc1c(C(=O)NCCCn2nc3ccccn3c2=O)cccc1[N+](=O)[O-]. The quantitative estimate of drug-likeness (QED) is 0.409. The number of hydrogen-bond acceptors (Lipinski definition) is 5. The highest BCUT2D eigenvalue weighted by Gasteiger charge is 2.17. The summed E-state index contributed by atoms with van der Waals surface area (Å²) in [5.41, 5.74) is 0.833. The number of nitrogens with one attached hydrogen (secondary N) is 1. The lowest BCUT2D eigenvalue weighted by atomic mass is 10.1. The molecule has 0 spiro atoms. The van der Waals surface area contributed by atoms with Crippen molar-refractivity contribution in [2.75, 3.05) is 6.54 Å². The molecule has 0 aliphatic heterocycles. The van der Waals surface area contributed by atoms with Gasteiger partial charge in [-0.2, -0.15) is 0 Å². The first kappa shape index (κ1) is 17.3. The molecule has 1 amide bonds. The first-order valence-electron chi connectivity index (χ1n) is 8.05. The molecule has 0 unspecified atom stereocenters. The Hall–Kier alpha value is -3.49. The third-order valence-corrected chi connectivity index (χ3v) is 4.07. The van der Waals surface area contributed by atoms with Gasteiger partial charge >= 0.3 is 5.69 Å². The molecule has 9 heteroatoms. The number of aryl methyl sites for hydroxylation is 1. The topological polar surface area (TPSA) is 112 Å². The van der Waals surface area contributed by atoms with E-state index in [9.17, 15) is 19.7 Å². The standard InChI is InChI=1S/C17H17N5O4/c1-12-13(6-4-7-14(12)22(25)26)16(23)18-9-5-11-21-17(24)20-10-3-2-8-15(20)19-21/h2-4,6-8,10H,5,9,11H2,1H3,(H,18,23). The zero-order valence-corrected chi connectivity index (χ0v) is 14.1. The Kier molecular flexibility index (Phi) is 4.78. The molecule has 3 rings (SSSR count). The maximum Gasteiger partial charge on any atom is 0.350 e. The van der Waals surface area contributed by atoms with Crippen LogP contribution in [0.1, 0.15) is 22.3 Å². The third-order valence-electron chi connectivity index (χ3n) is 4.07. The van der Waals surface area contributed by atoms with Crippen molar-refractivity contribution in [1.29, 1.82) is 0 Å². The fraction of sp³-hybridized carbons (Fsp3) is 0.235. The van der Waals surface area contributed by atoms with Crippen LogP contribution < -0.4 is 11.0 Å². The summed E-state index contributed by atoms with van der Waals surface area (Å²) in [6.45, 7) is 2.22. The minimum Gasteiger partial charge on any atom is -0.352 e. The molecule has 0 aliphatic rings. The van der Waals surface area contributed by atoms with Gasteiger partial charge in [0.1, 0.15) is 0 Å². The lowest BCUT2D eigenvalue weighted by molar-refractivity contribution is -0.385. The highest BCUT2D eigenvalue weighted by molar-refractivity contribution is 5.96. The van der Waals surface area contributed by atoms with Gasteiger partial charge in [-0.3, -0.25) is 19.3 Å². The number of aromatic nitrogens is 3. The van der Waals surface area contributed by atoms with Crippen molar-refractivity contribution in [3.05, 3.63) is 74.3 Å². The van der Waals surface area contributed by atoms with E-state index in [0.29, 0.717) is 30.7 Å². The zero-order valence-electron chi connectivity index (χ0n) is 14.1. The van der Waals surface area contributed by atoms with E-state index in [-0.39, 0.29) is 22.8 Å². The van der Waals surface area contributed by atoms with Gasteiger partial charge in [0.2, 0.25) is 0 Å². The molecule has 0 bridgehead atoms. The monoisotopic (exact) mass is 355 g/mol. The van der Waals surface area contributed by atoms with Crippen LogP contribution in [0.25, 0.3) is 5.65 Å². The van der Waals surface area contributed by atoms with Crippen LogP contribution in [0.4, 0.5) is 5.69 Å². The molecule has 0 saturated carbocycles. The Labute approximate surface area is 148 Å². The molecule has 0 fully saturated rings. The van der Waals surface area contributed by atoms with Gasteiger partial charge in [0.15, 0.2) is 5.65 Å². The molecule has 2 aromatic heterocycles. The molecule has 2 heterocycles. The third kappa shape index (κ3) is 3.32. The van der Waals surface area contributed by atoms with Gasteiger partial charge in [0, 0.05) is 36.5 Å². The average molecular weight is 355 g/mol. The number of hydrogen-bond donors (Lipinski definition) is 1. The van der Waals surface area contributed by atoms with Gasteiger partial charge in [-0.15, -0.1) is 5.10 Å². The summed E-state index contributed by atoms with van der Waals surface area (Å²) in [5, 5.41) is 17.9. The van der Waals surface area contributed by atoms with Crippen LogP contribution in [0.15, 0.2) is 47.4 Å². The number of nitrogens with zero attached hydrogens (tertiary/aromatic N) is 4. The zero-order chi connectivity index (χ0) is 18.7. The molecule has 26 heavy (non-hydrogen) atoms. The lowest BCUT2D eigenvalue weighted by Gasteiger charge is -2.07. The van der Waals surface area contributed by atoms with E-state index in [1.165, 1.54) is 21.2 Å². The number of fused-ring (bicyclic) bond motifs is 1.